The average molecular weight is 311 g/mol. The fourth-order valence-electron chi connectivity index (χ4n) is 2.11. The second-order valence-electron chi connectivity index (χ2n) is 5.12. The van der Waals surface area contributed by atoms with Gasteiger partial charge in [0.1, 0.15) is 12.4 Å². The highest BCUT2D eigenvalue weighted by atomic mass is 19.4. The van der Waals surface area contributed by atoms with Gasteiger partial charge < -0.3 is 9.47 Å². The maximum atomic E-state index is 12.5. The van der Waals surface area contributed by atoms with Gasteiger partial charge in [0.15, 0.2) is 0 Å². The van der Waals surface area contributed by atoms with E-state index in [2.05, 4.69) is 4.98 Å². The van der Waals surface area contributed by atoms with Crippen LogP contribution in [-0.2, 0) is 13.1 Å². The van der Waals surface area contributed by atoms with E-state index in [0.717, 1.165) is 10.1 Å². The molecule has 1 heterocycles. The van der Waals surface area contributed by atoms with Crippen molar-refractivity contribution in [2.75, 3.05) is 7.05 Å². The highest BCUT2D eigenvalue weighted by Crippen LogP contribution is 2.19. The maximum Gasteiger partial charge on any atom is 0.406 e. The van der Waals surface area contributed by atoms with Gasteiger partial charge in [0.2, 0.25) is 0 Å². The lowest BCUT2D eigenvalue weighted by molar-refractivity contribution is -0.141. The molecule has 1 amide bonds. The Balaban J connectivity index is 2.11. The summed E-state index contributed by atoms with van der Waals surface area (Å²) in [6.45, 7) is 0.761. The number of aryl methyl sites for hydroxylation is 1. The number of hydrogen-bond donors (Lipinski definition) is 0. The summed E-state index contributed by atoms with van der Waals surface area (Å²) in [5.41, 5.74) is 1.44. The molecule has 0 atom stereocenters. The van der Waals surface area contributed by atoms with Crippen LogP contribution < -0.4 is 0 Å². The molecule has 0 fully saturated rings. The maximum absolute atomic E-state index is 12.5. The Hall–Kier alpha value is -2.31. The first-order valence-electron chi connectivity index (χ1n) is 6.65. The summed E-state index contributed by atoms with van der Waals surface area (Å²) in [5, 5.41) is 0. The molecule has 0 radical (unpaired) electrons. The quantitative estimate of drug-likeness (QED) is 0.870. The van der Waals surface area contributed by atoms with Crippen LogP contribution in [-0.4, -0.2) is 33.6 Å². The molecule has 2 rings (SSSR count). The van der Waals surface area contributed by atoms with E-state index in [-0.39, 0.29) is 18.3 Å². The van der Waals surface area contributed by atoms with Gasteiger partial charge in [-0.25, -0.2) is 4.98 Å². The number of benzene rings is 1. The van der Waals surface area contributed by atoms with E-state index in [1.165, 1.54) is 24.3 Å². The Morgan fingerprint density at radius 1 is 1.36 bits per heavy atom. The molecule has 0 aliphatic rings. The van der Waals surface area contributed by atoms with Crippen molar-refractivity contribution in [1.82, 2.24) is 14.5 Å². The molecule has 0 spiro atoms. The Kier molecular flexibility index (Phi) is 4.54. The van der Waals surface area contributed by atoms with Crippen molar-refractivity contribution in [3.63, 3.8) is 0 Å². The lowest BCUT2D eigenvalue weighted by Crippen LogP contribution is -2.29. The van der Waals surface area contributed by atoms with E-state index in [0.29, 0.717) is 5.56 Å². The number of aromatic nitrogens is 2. The van der Waals surface area contributed by atoms with Crippen LogP contribution in [0.15, 0.2) is 36.7 Å². The molecule has 118 valence electrons. The van der Waals surface area contributed by atoms with Gasteiger partial charge in [0.05, 0.1) is 6.54 Å². The van der Waals surface area contributed by atoms with Gasteiger partial charge in [-0.3, -0.25) is 4.79 Å². The Morgan fingerprint density at radius 2 is 2.09 bits per heavy atom. The zero-order chi connectivity index (χ0) is 16.3. The molecule has 7 heteroatoms. The second-order valence-corrected chi connectivity index (χ2v) is 5.12. The minimum atomic E-state index is -4.32. The molecule has 0 bridgehead atoms. The van der Waals surface area contributed by atoms with Gasteiger partial charge in [0, 0.05) is 25.0 Å². The van der Waals surface area contributed by atoms with Crippen molar-refractivity contribution in [2.24, 2.45) is 0 Å². The summed E-state index contributed by atoms with van der Waals surface area (Å²) in [5.74, 6) is -0.0638. The first-order valence-corrected chi connectivity index (χ1v) is 6.65. The summed E-state index contributed by atoms with van der Waals surface area (Å²) in [6, 6.07) is 7.04. The van der Waals surface area contributed by atoms with Crippen LogP contribution in [0.3, 0.4) is 0 Å². The van der Waals surface area contributed by atoms with Crippen LogP contribution in [0.1, 0.15) is 21.7 Å². The largest absolute Gasteiger partial charge is 0.406 e. The molecule has 0 unspecified atom stereocenters. The Bertz CT molecular complexity index is 664. The molecule has 0 aliphatic heterocycles. The lowest BCUT2D eigenvalue weighted by atomic mass is 10.1. The smallest absolute Gasteiger partial charge is 0.334 e. The van der Waals surface area contributed by atoms with Crippen LogP contribution in [0.5, 0.6) is 0 Å². The molecule has 0 saturated heterocycles. The molecule has 2 aromatic rings. The number of nitrogens with zero attached hydrogens (tertiary/aromatic N) is 3. The number of imidazole rings is 1. The standard InChI is InChI=1S/C15H16F3N3O/c1-11-4-3-5-12(8-11)14(22)20(2)9-13-19-6-7-21(13)10-15(16,17)18/h3-8H,9-10H2,1-2H3. The second kappa shape index (κ2) is 6.21. The third kappa shape index (κ3) is 4.09. The van der Waals surface area contributed by atoms with Gasteiger partial charge in [-0.2, -0.15) is 13.2 Å². The molecule has 0 aliphatic carbocycles. The van der Waals surface area contributed by atoms with Gasteiger partial charge >= 0.3 is 6.18 Å². The van der Waals surface area contributed by atoms with Crippen molar-refractivity contribution in [3.8, 4) is 0 Å². The number of rotatable bonds is 4. The summed E-state index contributed by atoms with van der Waals surface area (Å²) in [7, 11) is 1.54. The lowest BCUT2D eigenvalue weighted by Gasteiger charge is -2.18. The minimum Gasteiger partial charge on any atom is -0.334 e. The van der Waals surface area contributed by atoms with Crippen LogP contribution >= 0.6 is 0 Å². The highest BCUT2D eigenvalue weighted by Gasteiger charge is 2.29. The number of alkyl halides is 3. The summed E-state index contributed by atoms with van der Waals surface area (Å²) in [4.78, 5) is 17.5. The number of carbonyl (C=O) groups is 1. The highest BCUT2D eigenvalue weighted by molar-refractivity contribution is 5.94. The fourth-order valence-corrected chi connectivity index (χ4v) is 2.11. The normalized spacial score (nSPS) is 11.5. The zero-order valence-electron chi connectivity index (χ0n) is 12.3. The van der Waals surface area contributed by atoms with E-state index >= 15 is 0 Å². The summed E-state index contributed by atoms with van der Waals surface area (Å²) >= 11 is 0. The topological polar surface area (TPSA) is 38.1 Å². The number of halogens is 3. The Morgan fingerprint density at radius 3 is 2.73 bits per heavy atom. The average Bonchev–Trinajstić information content (AvgIpc) is 2.83. The third-order valence-electron chi connectivity index (χ3n) is 3.14. The van der Waals surface area contributed by atoms with Gasteiger partial charge in [-0.05, 0) is 19.1 Å². The monoisotopic (exact) mass is 311 g/mol. The Labute approximate surface area is 126 Å². The van der Waals surface area contributed by atoms with E-state index in [9.17, 15) is 18.0 Å². The molecule has 22 heavy (non-hydrogen) atoms. The van der Waals surface area contributed by atoms with Crippen molar-refractivity contribution in [2.45, 2.75) is 26.2 Å². The van der Waals surface area contributed by atoms with E-state index in [1.807, 2.05) is 13.0 Å². The van der Waals surface area contributed by atoms with Crippen LogP contribution in [0.2, 0.25) is 0 Å². The molecule has 1 aromatic carbocycles. The number of hydrogen-bond acceptors (Lipinski definition) is 2. The molecule has 1 aromatic heterocycles. The van der Waals surface area contributed by atoms with Gasteiger partial charge in [0.25, 0.3) is 5.91 Å². The predicted octanol–water partition coefficient (Wildman–Crippen LogP) is 3.03. The summed E-state index contributed by atoms with van der Waals surface area (Å²) in [6.07, 6.45) is -1.77. The van der Waals surface area contributed by atoms with Gasteiger partial charge in [-0.15, -0.1) is 0 Å². The van der Waals surface area contributed by atoms with Crippen LogP contribution in [0.4, 0.5) is 13.2 Å². The van der Waals surface area contributed by atoms with Crippen molar-refractivity contribution < 1.29 is 18.0 Å². The first-order chi connectivity index (χ1) is 10.3. The van der Waals surface area contributed by atoms with Crippen molar-refractivity contribution in [3.05, 3.63) is 53.6 Å². The van der Waals surface area contributed by atoms with E-state index < -0.39 is 12.7 Å². The summed E-state index contributed by atoms with van der Waals surface area (Å²) < 4.78 is 38.4. The molecule has 0 N–H and O–H groups in total. The van der Waals surface area contributed by atoms with Crippen molar-refractivity contribution in [1.29, 1.82) is 0 Å². The molecule has 0 saturated carbocycles. The number of amides is 1. The van der Waals surface area contributed by atoms with Gasteiger partial charge in [-0.1, -0.05) is 17.7 Å². The first kappa shape index (κ1) is 16.1. The van der Waals surface area contributed by atoms with Crippen molar-refractivity contribution >= 4 is 5.91 Å². The van der Waals surface area contributed by atoms with Crippen LogP contribution in [0.25, 0.3) is 0 Å². The molecular weight excluding hydrogens is 295 g/mol. The predicted molar refractivity (Wildman–Crippen MR) is 75.3 cm³/mol. The third-order valence-corrected chi connectivity index (χ3v) is 3.14. The van der Waals surface area contributed by atoms with E-state index in [1.54, 1.807) is 18.2 Å². The minimum absolute atomic E-state index is 0.00978. The number of carbonyl (C=O) groups excluding carboxylic acids is 1. The van der Waals surface area contributed by atoms with E-state index in [4.69, 9.17) is 0 Å². The SMILES string of the molecule is Cc1cccc(C(=O)N(C)Cc2nccn2CC(F)(F)F)c1. The molecule has 4 nitrogen and oxygen atoms in total. The zero-order valence-corrected chi connectivity index (χ0v) is 12.3. The molecular formula is C15H16F3N3O. The fraction of sp³-hybridized carbons (Fsp3) is 0.333. The van der Waals surface area contributed by atoms with Crippen LogP contribution in [0, 0.1) is 6.92 Å².